The number of aromatic nitrogens is 1. The summed E-state index contributed by atoms with van der Waals surface area (Å²) < 4.78 is 10.2. The molecule has 0 saturated heterocycles. The topological polar surface area (TPSA) is 126 Å². The first-order valence-electron chi connectivity index (χ1n) is 7.23. The number of hydrogen-bond acceptors (Lipinski definition) is 6. The lowest BCUT2D eigenvalue weighted by Crippen LogP contribution is -2.31. The normalized spacial score (nSPS) is 10.4. The molecule has 1 amide bonds. The van der Waals surface area contributed by atoms with Crippen molar-refractivity contribution in [1.82, 2.24) is 10.3 Å². The van der Waals surface area contributed by atoms with Gasteiger partial charge in [0.1, 0.15) is 12.4 Å². The first kappa shape index (κ1) is 16.2. The van der Waals surface area contributed by atoms with E-state index in [0.717, 1.165) is 5.56 Å². The van der Waals surface area contributed by atoms with Crippen molar-refractivity contribution in [3.05, 3.63) is 65.5 Å². The number of hydrogen-bond donors (Lipinski definition) is 3. The van der Waals surface area contributed by atoms with Crippen molar-refractivity contribution in [2.24, 2.45) is 0 Å². The molecule has 0 saturated carbocycles. The molecule has 8 heteroatoms. The van der Waals surface area contributed by atoms with Crippen molar-refractivity contribution in [2.45, 2.75) is 6.61 Å². The van der Waals surface area contributed by atoms with Crippen molar-refractivity contribution in [2.75, 3.05) is 0 Å². The van der Waals surface area contributed by atoms with Crippen LogP contribution in [0.1, 0.15) is 21.7 Å². The van der Waals surface area contributed by atoms with Gasteiger partial charge in [-0.3, -0.25) is 10.7 Å². The molecule has 0 aliphatic heterocycles. The Kier molecular flexibility index (Phi) is 4.42. The van der Waals surface area contributed by atoms with Crippen LogP contribution >= 0.6 is 0 Å². The Labute approximate surface area is 141 Å². The summed E-state index contributed by atoms with van der Waals surface area (Å²) >= 11 is 0. The average molecular weight is 339 g/mol. The lowest BCUT2D eigenvalue weighted by molar-refractivity contribution is 0.0664. The van der Waals surface area contributed by atoms with Crippen molar-refractivity contribution in [3.63, 3.8) is 0 Å². The highest BCUT2D eigenvalue weighted by Gasteiger charge is 2.25. The number of ether oxygens (including phenoxy) is 1. The molecule has 3 N–H and O–H groups in total. The second kappa shape index (κ2) is 6.83. The molecule has 3 aromatic rings. The number of carboxylic acid groups (broad SMARTS) is 1. The van der Waals surface area contributed by atoms with Gasteiger partial charge in [0.15, 0.2) is 0 Å². The fourth-order valence-electron chi connectivity index (χ4n) is 2.25. The van der Waals surface area contributed by atoms with Crippen molar-refractivity contribution >= 4 is 29.0 Å². The van der Waals surface area contributed by atoms with Gasteiger partial charge >= 0.3 is 12.1 Å². The highest BCUT2D eigenvalue weighted by molar-refractivity contribution is 6.16. The molecule has 0 bridgehead atoms. The van der Waals surface area contributed by atoms with Gasteiger partial charge in [0.2, 0.25) is 11.5 Å². The number of nitrogens with zero attached hydrogens (tertiary/aromatic N) is 1. The van der Waals surface area contributed by atoms with Gasteiger partial charge in [0.25, 0.3) is 0 Å². The van der Waals surface area contributed by atoms with Crippen molar-refractivity contribution < 1.29 is 23.8 Å². The number of carboxylic acids is 1. The van der Waals surface area contributed by atoms with E-state index in [-0.39, 0.29) is 17.9 Å². The van der Waals surface area contributed by atoms with Gasteiger partial charge in [0.05, 0.1) is 10.9 Å². The number of amidine groups is 1. The Morgan fingerprint density at radius 2 is 1.96 bits per heavy atom. The lowest BCUT2D eigenvalue weighted by Gasteiger charge is -2.08. The van der Waals surface area contributed by atoms with E-state index in [2.05, 4.69) is 10.3 Å². The maximum atomic E-state index is 11.9. The second-order valence-corrected chi connectivity index (χ2v) is 5.03. The minimum atomic E-state index is -1.36. The first-order chi connectivity index (χ1) is 12.1. The number of benzene rings is 1. The van der Waals surface area contributed by atoms with E-state index in [0.29, 0.717) is 5.39 Å². The lowest BCUT2D eigenvalue weighted by atomic mass is 10.1. The number of furan rings is 1. The van der Waals surface area contributed by atoms with Crippen molar-refractivity contribution in [1.29, 1.82) is 5.41 Å². The maximum Gasteiger partial charge on any atom is 0.413 e. The van der Waals surface area contributed by atoms with Gasteiger partial charge in [-0.25, -0.2) is 14.6 Å². The molecule has 2 heterocycles. The average Bonchev–Trinajstić information content (AvgIpc) is 3.01. The Bertz CT molecular complexity index is 949. The Balaban J connectivity index is 1.77. The third kappa shape index (κ3) is 3.47. The summed E-state index contributed by atoms with van der Waals surface area (Å²) in [6, 6.07) is 12.2. The van der Waals surface area contributed by atoms with Crippen LogP contribution in [0.3, 0.4) is 0 Å². The zero-order valence-electron chi connectivity index (χ0n) is 12.9. The van der Waals surface area contributed by atoms with Gasteiger partial charge in [-0.2, -0.15) is 0 Å². The number of nitrogens with one attached hydrogen (secondary N) is 2. The first-order valence-corrected chi connectivity index (χ1v) is 7.23. The van der Waals surface area contributed by atoms with Crippen LogP contribution in [-0.2, 0) is 11.3 Å². The number of rotatable bonds is 4. The quantitative estimate of drug-likeness (QED) is 0.496. The van der Waals surface area contributed by atoms with Gasteiger partial charge < -0.3 is 14.3 Å². The number of carbonyl (C=O) groups excluding carboxylic acids is 1. The minimum absolute atomic E-state index is 0.0272. The molecule has 0 unspecified atom stereocenters. The zero-order chi connectivity index (χ0) is 17.8. The number of carbonyl (C=O) groups is 2. The summed E-state index contributed by atoms with van der Waals surface area (Å²) in [6.45, 7) is 0.0272. The van der Waals surface area contributed by atoms with E-state index in [1.165, 1.54) is 6.20 Å². The fraction of sp³-hybridized carbons (Fsp3) is 0.0588. The van der Waals surface area contributed by atoms with Gasteiger partial charge in [0, 0.05) is 6.20 Å². The summed E-state index contributed by atoms with van der Waals surface area (Å²) in [5, 5.41) is 19.8. The summed E-state index contributed by atoms with van der Waals surface area (Å²) in [6.07, 6.45) is 0.565. The van der Waals surface area contributed by atoms with Gasteiger partial charge in [-0.1, -0.05) is 30.3 Å². The molecule has 0 spiro atoms. The van der Waals surface area contributed by atoms with Crippen LogP contribution in [0.15, 0.2) is 53.1 Å². The molecule has 0 fully saturated rings. The van der Waals surface area contributed by atoms with Crippen LogP contribution in [-0.4, -0.2) is 28.0 Å². The molecule has 0 aliphatic carbocycles. The molecule has 0 aliphatic rings. The molecular formula is C17H13N3O5. The largest absolute Gasteiger partial charge is 0.475 e. The molecule has 2 aromatic heterocycles. The van der Waals surface area contributed by atoms with Crippen LogP contribution in [0.2, 0.25) is 0 Å². The van der Waals surface area contributed by atoms with Crippen LogP contribution < -0.4 is 5.32 Å². The van der Waals surface area contributed by atoms with E-state index in [1.54, 1.807) is 24.3 Å². The Hall–Kier alpha value is -3.68. The minimum Gasteiger partial charge on any atom is -0.475 e. The van der Waals surface area contributed by atoms with Crippen molar-refractivity contribution in [3.8, 4) is 0 Å². The molecule has 0 atom stereocenters. The molecule has 1 aromatic carbocycles. The SMILES string of the molecule is N=C(NC(=O)OCc1ccccc1)c1c(C(=O)O)oc2ncccc12. The van der Waals surface area contributed by atoms with Crippen LogP contribution in [0.25, 0.3) is 11.1 Å². The van der Waals surface area contributed by atoms with E-state index in [1.807, 2.05) is 18.2 Å². The molecular weight excluding hydrogens is 326 g/mol. The third-order valence-electron chi connectivity index (χ3n) is 3.35. The van der Waals surface area contributed by atoms with E-state index in [4.69, 9.17) is 14.6 Å². The van der Waals surface area contributed by atoms with Crippen LogP contribution in [0, 0.1) is 5.41 Å². The van der Waals surface area contributed by atoms with Crippen LogP contribution in [0.5, 0.6) is 0 Å². The van der Waals surface area contributed by atoms with E-state index < -0.39 is 23.7 Å². The maximum absolute atomic E-state index is 11.9. The number of aromatic carboxylic acids is 1. The van der Waals surface area contributed by atoms with Gasteiger partial charge in [-0.15, -0.1) is 0 Å². The predicted molar refractivity (Wildman–Crippen MR) is 87.6 cm³/mol. The molecule has 126 valence electrons. The number of pyridine rings is 1. The molecule has 0 radical (unpaired) electrons. The Morgan fingerprint density at radius 3 is 2.68 bits per heavy atom. The summed E-state index contributed by atoms with van der Waals surface area (Å²) in [5.41, 5.74) is 0.791. The zero-order valence-corrected chi connectivity index (χ0v) is 12.9. The fourth-order valence-corrected chi connectivity index (χ4v) is 2.25. The molecule has 25 heavy (non-hydrogen) atoms. The summed E-state index contributed by atoms with van der Waals surface area (Å²) in [7, 11) is 0. The smallest absolute Gasteiger partial charge is 0.413 e. The molecule has 8 nitrogen and oxygen atoms in total. The highest BCUT2D eigenvalue weighted by Crippen LogP contribution is 2.24. The standard InChI is InChI=1S/C17H13N3O5/c18-14(20-17(23)24-9-10-5-2-1-3-6-10)12-11-7-4-8-19-15(11)25-13(12)16(21)22/h1-8H,9H2,(H,21,22)(H2,18,20,23). The predicted octanol–water partition coefficient (Wildman–Crippen LogP) is 2.78. The molecule has 3 rings (SSSR count). The number of amides is 1. The third-order valence-corrected chi connectivity index (χ3v) is 3.35. The monoisotopic (exact) mass is 339 g/mol. The number of alkyl carbamates (subject to hydrolysis) is 1. The van der Waals surface area contributed by atoms with Crippen LogP contribution in [0.4, 0.5) is 4.79 Å². The van der Waals surface area contributed by atoms with Gasteiger partial charge in [-0.05, 0) is 17.7 Å². The summed E-state index contributed by atoms with van der Waals surface area (Å²) in [5.74, 6) is -2.28. The second-order valence-electron chi connectivity index (χ2n) is 5.03. The highest BCUT2D eigenvalue weighted by atomic mass is 16.5. The number of fused-ring (bicyclic) bond motifs is 1. The van der Waals surface area contributed by atoms with E-state index >= 15 is 0 Å². The van der Waals surface area contributed by atoms with E-state index in [9.17, 15) is 14.7 Å². The summed E-state index contributed by atoms with van der Waals surface area (Å²) in [4.78, 5) is 27.1. The Morgan fingerprint density at radius 1 is 1.20 bits per heavy atom.